The summed E-state index contributed by atoms with van der Waals surface area (Å²) in [5, 5.41) is 0.991. The number of H-pyrrole nitrogens is 1. The van der Waals surface area contributed by atoms with Gasteiger partial charge in [-0.25, -0.2) is 0 Å². The summed E-state index contributed by atoms with van der Waals surface area (Å²) in [5.74, 6) is 0.119. The number of aromatic amines is 1. The molecule has 3 amide bonds. The van der Waals surface area contributed by atoms with E-state index in [-0.39, 0.29) is 30.8 Å². The maximum atomic E-state index is 13.0. The smallest absolute Gasteiger partial charge is 0.270 e. The summed E-state index contributed by atoms with van der Waals surface area (Å²) in [6.07, 6.45) is 0. The summed E-state index contributed by atoms with van der Waals surface area (Å²) in [4.78, 5) is 45.5. The van der Waals surface area contributed by atoms with Crippen molar-refractivity contribution in [2.24, 2.45) is 0 Å². The summed E-state index contributed by atoms with van der Waals surface area (Å²) < 4.78 is 0. The molecule has 1 N–H and O–H groups in total. The van der Waals surface area contributed by atoms with Crippen molar-refractivity contribution in [2.45, 2.75) is 25.8 Å². The first kappa shape index (κ1) is 17.6. The summed E-state index contributed by atoms with van der Waals surface area (Å²) in [6.45, 7) is 5.45. The molecule has 0 unspecified atom stereocenters. The zero-order valence-electron chi connectivity index (χ0n) is 15.9. The fourth-order valence-corrected chi connectivity index (χ4v) is 3.89. The van der Waals surface area contributed by atoms with Gasteiger partial charge in [-0.05, 0) is 23.6 Å². The van der Waals surface area contributed by atoms with Crippen LogP contribution in [-0.2, 0) is 9.59 Å². The van der Waals surface area contributed by atoms with E-state index in [9.17, 15) is 14.4 Å². The van der Waals surface area contributed by atoms with Crippen LogP contribution in [0.2, 0.25) is 0 Å². The summed E-state index contributed by atoms with van der Waals surface area (Å²) in [6, 6.07) is 7.46. The van der Waals surface area contributed by atoms with Crippen LogP contribution in [0, 0.1) is 0 Å². The van der Waals surface area contributed by atoms with E-state index in [1.54, 1.807) is 16.8 Å². The molecule has 0 bridgehead atoms. The minimum atomic E-state index is -0.578. The second-order valence-electron chi connectivity index (χ2n) is 7.73. The van der Waals surface area contributed by atoms with Gasteiger partial charge in [-0.15, -0.1) is 0 Å². The lowest BCUT2D eigenvalue weighted by Gasteiger charge is -2.45. The Morgan fingerprint density at radius 3 is 2.70 bits per heavy atom. The number of carbonyl (C=O) groups excluding carboxylic acids is 3. The van der Waals surface area contributed by atoms with Crippen LogP contribution < -0.4 is 0 Å². The zero-order chi connectivity index (χ0) is 19.3. The van der Waals surface area contributed by atoms with Gasteiger partial charge in [-0.3, -0.25) is 14.4 Å². The number of aromatic nitrogens is 1. The highest BCUT2D eigenvalue weighted by Crippen LogP contribution is 2.24. The number of fused-ring (bicyclic) bond motifs is 2. The van der Waals surface area contributed by atoms with Crippen molar-refractivity contribution >= 4 is 28.6 Å². The van der Waals surface area contributed by atoms with Crippen LogP contribution in [0.25, 0.3) is 10.9 Å². The quantitative estimate of drug-likeness (QED) is 0.871. The first-order chi connectivity index (χ1) is 12.8. The van der Waals surface area contributed by atoms with E-state index in [1.807, 2.05) is 12.1 Å². The number of carbonyl (C=O) groups is 3. The third kappa shape index (κ3) is 2.97. The van der Waals surface area contributed by atoms with E-state index >= 15 is 0 Å². The molecule has 2 fully saturated rings. The van der Waals surface area contributed by atoms with Crippen molar-refractivity contribution in [3.05, 3.63) is 35.5 Å². The lowest BCUT2D eigenvalue weighted by atomic mass is 10.0. The number of piperazine rings is 2. The average Bonchev–Trinajstić information content (AvgIpc) is 3.08. The highest BCUT2D eigenvalue weighted by Gasteiger charge is 2.42. The zero-order valence-corrected chi connectivity index (χ0v) is 15.9. The number of rotatable bonds is 2. The molecular weight excluding hydrogens is 344 g/mol. The Kier molecular flexibility index (Phi) is 4.17. The topological polar surface area (TPSA) is 76.7 Å². The lowest BCUT2D eigenvalue weighted by molar-refractivity contribution is -0.157. The van der Waals surface area contributed by atoms with Gasteiger partial charge in [0.1, 0.15) is 11.7 Å². The number of amides is 3. The molecule has 4 rings (SSSR count). The molecule has 2 aliphatic heterocycles. The summed E-state index contributed by atoms with van der Waals surface area (Å²) in [7, 11) is 1.63. The molecule has 0 radical (unpaired) electrons. The van der Waals surface area contributed by atoms with Crippen molar-refractivity contribution in [1.82, 2.24) is 19.7 Å². The number of hydrogen-bond acceptors (Lipinski definition) is 3. The minimum Gasteiger partial charge on any atom is -0.351 e. The maximum absolute atomic E-state index is 13.0. The van der Waals surface area contributed by atoms with Crippen LogP contribution in [0.4, 0.5) is 0 Å². The third-order valence-electron chi connectivity index (χ3n) is 5.57. The Morgan fingerprint density at radius 2 is 1.96 bits per heavy atom. The Morgan fingerprint density at radius 1 is 1.19 bits per heavy atom. The molecule has 0 saturated carbocycles. The van der Waals surface area contributed by atoms with Gasteiger partial charge in [0.2, 0.25) is 11.8 Å². The van der Waals surface area contributed by atoms with Crippen LogP contribution in [0.5, 0.6) is 0 Å². The summed E-state index contributed by atoms with van der Waals surface area (Å²) >= 11 is 0. The molecule has 2 aliphatic rings. The van der Waals surface area contributed by atoms with Gasteiger partial charge in [0.25, 0.3) is 5.91 Å². The minimum absolute atomic E-state index is 0.0546. The van der Waals surface area contributed by atoms with E-state index in [2.05, 4.69) is 31.0 Å². The average molecular weight is 368 g/mol. The van der Waals surface area contributed by atoms with Gasteiger partial charge in [-0.2, -0.15) is 0 Å². The van der Waals surface area contributed by atoms with E-state index < -0.39 is 6.04 Å². The molecule has 0 aliphatic carbocycles. The van der Waals surface area contributed by atoms with Gasteiger partial charge < -0.3 is 19.7 Å². The Bertz CT molecular complexity index is 932. The van der Waals surface area contributed by atoms with Crippen molar-refractivity contribution in [2.75, 3.05) is 33.2 Å². The van der Waals surface area contributed by atoms with Crippen LogP contribution in [0.1, 0.15) is 35.8 Å². The molecule has 2 aromatic rings. The predicted molar refractivity (Wildman–Crippen MR) is 101 cm³/mol. The summed E-state index contributed by atoms with van der Waals surface area (Å²) in [5.41, 5.74) is 2.67. The highest BCUT2D eigenvalue weighted by atomic mass is 16.2. The molecular formula is C20H24N4O3. The van der Waals surface area contributed by atoms with Crippen molar-refractivity contribution in [3.63, 3.8) is 0 Å². The fraction of sp³-hybridized carbons (Fsp3) is 0.450. The Labute approximate surface area is 157 Å². The van der Waals surface area contributed by atoms with Gasteiger partial charge in [-0.1, -0.05) is 26.0 Å². The van der Waals surface area contributed by atoms with Gasteiger partial charge in [0.15, 0.2) is 0 Å². The van der Waals surface area contributed by atoms with E-state index in [4.69, 9.17) is 0 Å². The Hall–Kier alpha value is -2.83. The van der Waals surface area contributed by atoms with Crippen molar-refractivity contribution in [3.8, 4) is 0 Å². The van der Waals surface area contributed by atoms with Gasteiger partial charge in [0, 0.05) is 31.0 Å². The van der Waals surface area contributed by atoms with Crippen LogP contribution >= 0.6 is 0 Å². The molecule has 27 heavy (non-hydrogen) atoms. The first-order valence-electron chi connectivity index (χ1n) is 9.31. The standard InChI is InChI=1S/C20H24N4O3/c1-12(2)13-4-5-14-9-16(21-15(14)8-13)19(26)23-6-7-24-17(10-23)20(27)22(3)11-18(24)25/h4-5,8-9,12,17,21H,6-7,10-11H2,1-3H3/t17-/m0/s1. The molecule has 1 aromatic carbocycles. The number of benzene rings is 1. The maximum Gasteiger partial charge on any atom is 0.270 e. The predicted octanol–water partition coefficient (Wildman–Crippen LogP) is 1.42. The second kappa shape index (κ2) is 6.40. The van der Waals surface area contributed by atoms with E-state index in [1.165, 1.54) is 10.5 Å². The molecule has 0 spiro atoms. The fourth-order valence-electron chi connectivity index (χ4n) is 3.89. The molecule has 1 atom stereocenters. The molecule has 3 heterocycles. The van der Waals surface area contributed by atoms with Crippen molar-refractivity contribution < 1.29 is 14.4 Å². The molecule has 1 aromatic heterocycles. The van der Waals surface area contributed by atoms with E-state index in [0.29, 0.717) is 24.7 Å². The molecule has 2 saturated heterocycles. The number of nitrogens with one attached hydrogen (secondary N) is 1. The molecule has 142 valence electrons. The SMILES string of the molecule is CC(C)c1ccc2cc(C(=O)N3CCN4C(=O)CN(C)C(=O)[C@@H]4C3)[nH]c2c1. The highest BCUT2D eigenvalue weighted by molar-refractivity contribution is 6.00. The second-order valence-corrected chi connectivity index (χ2v) is 7.73. The van der Waals surface area contributed by atoms with Crippen LogP contribution in [0.3, 0.4) is 0 Å². The van der Waals surface area contributed by atoms with E-state index in [0.717, 1.165) is 10.9 Å². The van der Waals surface area contributed by atoms with Gasteiger partial charge in [0.05, 0.1) is 13.1 Å². The van der Waals surface area contributed by atoms with Crippen LogP contribution in [-0.4, -0.2) is 76.7 Å². The lowest BCUT2D eigenvalue weighted by Crippen LogP contribution is -2.66. The monoisotopic (exact) mass is 368 g/mol. The number of hydrogen-bond donors (Lipinski definition) is 1. The Balaban J connectivity index is 1.57. The van der Waals surface area contributed by atoms with Crippen molar-refractivity contribution in [1.29, 1.82) is 0 Å². The van der Waals surface area contributed by atoms with Crippen LogP contribution in [0.15, 0.2) is 24.3 Å². The molecule has 7 nitrogen and oxygen atoms in total. The number of nitrogens with zero attached hydrogens (tertiary/aromatic N) is 3. The first-order valence-corrected chi connectivity index (χ1v) is 9.31. The molecule has 7 heteroatoms. The third-order valence-corrected chi connectivity index (χ3v) is 5.57. The largest absolute Gasteiger partial charge is 0.351 e. The normalized spacial score (nSPS) is 20.6. The van der Waals surface area contributed by atoms with Gasteiger partial charge >= 0.3 is 0 Å². The number of likely N-dealkylation sites (N-methyl/N-ethyl adjacent to an activating group) is 1.